The number of anilines is 1. The molecule has 29 heavy (non-hydrogen) atoms. The van der Waals surface area contributed by atoms with Gasteiger partial charge in [-0.05, 0) is 35.9 Å². The summed E-state index contributed by atoms with van der Waals surface area (Å²) >= 11 is 7.52. The Kier molecular flexibility index (Phi) is 5.69. The molecule has 2 aromatic heterocycles. The third kappa shape index (κ3) is 4.21. The predicted molar refractivity (Wildman–Crippen MR) is 115 cm³/mol. The highest BCUT2D eigenvalue weighted by molar-refractivity contribution is 8.00. The van der Waals surface area contributed by atoms with Gasteiger partial charge in [-0.15, -0.1) is 10.2 Å². The van der Waals surface area contributed by atoms with Crippen molar-refractivity contribution in [2.75, 3.05) is 12.4 Å². The van der Waals surface area contributed by atoms with Crippen LogP contribution in [0.2, 0.25) is 5.02 Å². The van der Waals surface area contributed by atoms with Gasteiger partial charge < -0.3 is 10.1 Å². The molecule has 0 aliphatic rings. The van der Waals surface area contributed by atoms with Crippen LogP contribution in [-0.4, -0.2) is 27.6 Å². The van der Waals surface area contributed by atoms with Crippen LogP contribution in [0.1, 0.15) is 10.8 Å². The van der Waals surface area contributed by atoms with Gasteiger partial charge in [0, 0.05) is 11.9 Å². The molecule has 0 saturated carbocycles. The number of ether oxygens (including phenoxy) is 1. The number of carbonyl (C=O) groups is 1. The maximum absolute atomic E-state index is 13.2. The number of rotatable bonds is 6. The van der Waals surface area contributed by atoms with Gasteiger partial charge in [0.05, 0.1) is 12.1 Å². The second kappa shape index (κ2) is 8.55. The Bertz CT molecular complexity index is 1150. The SMILES string of the molecule is COc1ccc(NC(=O)[C@H](Sc2nnc3ccccn23)c2ccccc2)cc1Cl. The van der Waals surface area contributed by atoms with E-state index in [9.17, 15) is 4.79 Å². The van der Waals surface area contributed by atoms with Gasteiger partial charge >= 0.3 is 0 Å². The molecular weight excluding hydrogens is 408 g/mol. The molecule has 0 spiro atoms. The van der Waals surface area contributed by atoms with Gasteiger partial charge in [-0.3, -0.25) is 9.20 Å². The number of aromatic nitrogens is 3. The second-order valence-corrected chi connectivity index (χ2v) is 7.64. The van der Waals surface area contributed by atoms with Crippen LogP contribution in [0, 0.1) is 0 Å². The minimum Gasteiger partial charge on any atom is -0.495 e. The number of benzene rings is 2. The molecule has 1 amide bonds. The number of fused-ring (bicyclic) bond motifs is 1. The molecule has 0 unspecified atom stereocenters. The summed E-state index contributed by atoms with van der Waals surface area (Å²) in [6, 6.07) is 20.4. The number of pyridine rings is 1. The lowest BCUT2D eigenvalue weighted by molar-refractivity contribution is -0.115. The highest BCUT2D eigenvalue weighted by atomic mass is 35.5. The van der Waals surface area contributed by atoms with Crippen molar-refractivity contribution in [3.63, 3.8) is 0 Å². The van der Waals surface area contributed by atoms with Gasteiger partial charge in [0.15, 0.2) is 10.8 Å². The molecule has 0 aliphatic heterocycles. The van der Waals surface area contributed by atoms with E-state index in [4.69, 9.17) is 16.3 Å². The zero-order valence-electron chi connectivity index (χ0n) is 15.4. The fourth-order valence-corrected chi connectivity index (χ4v) is 4.14. The smallest absolute Gasteiger partial charge is 0.242 e. The van der Waals surface area contributed by atoms with Gasteiger partial charge in [0.2, 0.25) is 5.91 Å². The molecule has 2 heterocycles. The fourth-order valence-electron chi connectivity index (χ4n) is 2.86. The van der Waals surface area contributed by atoms with Crippen molar-refractivity contribution in [3.05, 3.63) is 83.5 Å². The van der Waals surface area contributed by atoms with Crippen molar-refractivity contribution in [1.29, 1.82) is 0 Å². The Morgan fingerprint density at radius 1 is 1.10 bits per heavy atom. The van der Waals surface area contributed by atoms with Crippen molar-refractivity contribution >= 4 is 40.6 Å². The molecule has 1 N–H and O–H groups in total. The number of halogens is 1. The van der Waals surface area contributed by atoms with Gasteiger partial charge in [-0.1, -0.05) is 59.8 Å². The lowest BCUT2D eigenvalue weighted by Gasteiger charge is -2.16. The topological polar surface area (TPSA) is 68.5 Å². The largest absolute Gasteiger partial charge is 0.495 e. The number of thioether (sulfide) groups is 1. The number of amides is 1. The molecule has 0 saturated heterocycles. The van der Waals surface area contributed by atoms with Crippen LogP contribution in [0.5, 0.6) is 5.75 Å². The lowest BCUT2D eigenvalue weighted by Crippen LogP contribution is -2.19. The van der Waals surface area contributed by atoms with Crippen LogP contribution >= 0.6 is 23.4 Å². The normalized spacial score (nSPS) is 11.9. The first-order valence-corrected chi connectivity index (χ1v) is 10.1. The fraction of sp³-hybridized carbons (Fsp3) is 0.0952. The first kappa shape index (κ1) is 19.3. The Morgan fingerprint density at radius 3 is 2.66 bits per heavy atom. The Labute approximate surface area is 176 Å². The summed E-state index contributed by atoms with van der Waals surface area (Å²) in [6.45, 7) is 0. The third-order valence-electron chi connectivity index (χ3n) is 4.27. The summed E-state index contributed by atoms with van der Waals surface area (Å²) in [6.07, 6.45) is 1.88. The summed E-state index contributed by atoms with van der Waals surface area (Å²) in [5.74, 6) is 0.365. The minimum atomic E-state index is -0.523. The van der Waals surface area contributed by atoms with Crippen LogP contribution in [-0.2, 0) is 4.79 Å². The molecule has 0 bridgehead atoms. The number of nitrogens with one attached hydrogen (secondary N) is 1. The zero-order valence-corrected chi connectivity index (χ0v) is 17.0. The van der Waals surface area contributed by atoms with E-state index in [1.165, 1.54) is 11.8 Å². The summed E-state index contributed by atoms with van der Waals surface area (Å²) in [4.78, 5) is 13.2. The van der Waals surface area contributed by atoms with Crippen molar-refractivity contribution in [2.24, 2.45) is 0 Å². The van der Waals surface area contributed by atoms with Crippen molar-refractivity contribution in [1.82, 2.24) is 14.6 Å². The van der Waals surface area contributed by atoms with Crippen molar-refractivity contribution in [3.8, 4) is 5.75 Å². The van der Waals surface area contributed by atoms with Gasteiger partial charge in [0.1, 0.15) is 11.0 Å². The van der Waals surface area contributed by atoms with E-state index >= 15 is 0 Å². The highest BCUT2D eigenvalue weighted by Crippen LogP contribution is 2.36. The molecule has 4 aromatic rings. The highest BCUT2D eigenvalue weighted by Gasteiger charge is 2.25. The minimum absolute atomic E-state index is 0.185. The van der Waals surface area contributed by atoms with Crippen LogP contribution in [0.25, 0.3) is 5.65 Å². The first-order valence-electron chi connectivity index (χ1n) is 8.81. The molecule has 0 radical (unpaired) electrons. The van der Waals surface area contributed by atoms with Crippen LogP contribution in [0.3, 0.4) is 0 Å². The molecule has 8 heteroatoms. The number of methoxy groups -OCH3 is 1. The Hall–Kier alpha value is -3.03. The monoisotopic (exact) mass is 424 g/mol. The van der Waals surface area contributed by atoms with E-state index in [0.29, 0.717) is 21.6 Å². The molecule has 4 rings (SSSR count). The van der Waals surface area contributed by atoms with Crippen molar-refractivity contribution < 1.29 is 9.53 Å². The summed E-state index contributed by atoms with van der Waals surface area (Å²) in [7, 11) is 1.55. The average molecular weight is 425 g/mol. The van der Waals surface area contributed by atoms with Crippen molar-refractivity contribution in [2.45, 2.75) is 10.4 Å². The second-order valence-electron chi connectivity index (χ2n) is 6.16. The number of nitrogens with zero attached hydrogens (tertiary/aromatic N) is 3. The number of hydrogen-bond acceptors (Lipinski definition) is 5. The molecule has 0 fully saturated rings. The van der Waals surface area contributed by atoms with E-state index < -0.39 is 5.25 Å². The van der Waals surface area contributed by atoms with Crippen LogP contribution in [0.15, 0.2) is 78.1 Å². The molecule has 2 aromatic carbocycles. The molecule has 6 nitrogen and oxygen atoms in total. The van der Waals surface area contributed by atoms with E-state index in [1.54, 1.807) is 25.3 Å². The summed E-state index contributed by atoms with van der Waals surface area (Å²) < 4.78 is 7.03. The van der Waals surface area contributed by atoms with E-state index in [2.05, 4.69) is 15.5 Å². The maximum Gasteiger partial charge on any atom is 0.242 e. The maximum atomic E-state index is 13.2. The average Bonchev–Trinajstić information content (AvgIpc) is 3.15. The Morgan fingerprint density at radius 2 is 1.90 bits per heavy atom. The first-order chi connectivity index (χ1) is 14.2. The van der Waals surface area contributed by atoms with Gasteiger partial charge in [-0.2, -0.15) is 0 Å². The molecule has 0 aliphatic carbocycles. The van der Waals surface area contributed by atoms with E-state index in [1.807, 2.05) is 59.1 Å². The Balaban J connectivity index is 1.64. The summed E-state index contributed by atoms with van der Waals surface area (Å²) in [5, 5.41) is 11.9. The number of carbonyl (C=O) groups excluding carboxylic acids is 1. The molecular formula is C21H17ClN4O2S. The molecule has 1 atom stereocenters. The lowest BCUT2D eigenvalue weighted by atomic mass is 10.1. The standard InChI is InChI=1S/C21H17ClN4O2S/c1-28-17-11-10-15(13-16(17)22)23-20(27)19(14-7-3-2-4-8-14)29-21-25-24-18-9-5-6-12-26(18)21/h2-13,19H,1H3,(H,23,27)/t19-/m1/s1. The van der Waals surface area contributed by atoms with Crippen LogP contribution in [0.4, 0.5) is 5.69 Å². The quantitative estimate of drug-likeness (QED) is 0.447. The zero-order chi connectivity index (χ0) is 20.2. The third-order valence-corrected chi connectivity index (χ3v) is 5.77. The predicted octanol–water partition coefficient (Wildman–Crippen LogP) is 4.86. The van der Waals surface area contributed by atoms with Gasteiger partial charge in [-0.25, -0.2) is 0 Å². The summed E-state index contributed by atoms with van der Waals surface area (Å²) in [5.41, 5.74) is 2.18. The van der Waals surface area contributed by atoms with E-state index in [0.717, 1.165) is 11.2 Å². The number of hydrogen-bond donors (Lipinski definition) is 1. The van der Waals surface area contributed by atoms with E-state index in [-0.39, 0.29) is 5.91 Å². The van der Waals surface area contributed by atoms with Crippen LogP contribution < -0.4 is 10.1 Å². The molecule has 146 valence electrons. The van der Waals surface area contributed by atoms with Gasteiger partial charge in [0.25, 0.3) is 0 Å².